The maximum atomic E-state index is 13.5. The molecule has 0 bridgehead atoms. The number of benzene rings is 1. The molecule has 23 heavy (non-hydrogen) atoms. The average molecular weight is 355 g/mol. The predicted octanol–water partition coefficient (Wildman–Crippen LogP) is 3.02. The van der Waals surface area contributed by atoms with Crippen molar-refractivity contribution in [3.8, 4) is 11.5 Å². The molecular weight excluding hydrogens is 333 g/mol. The molecule has 1 atom stereocenters. The van der Waals surface area contributed by atoms with Crippen LogP contribution >= 0.6 is 12.4 Å². The van der Waals surface area contributed by atoms with E-state index in [4.69, 9.17) is 9.47 Å². The fraction of sp³-hybridized carbons (Fsp3) is 0.600. The number of hydrogen-bond acceptors (Lipinski definition) is 4. The summed E-state index contributed by atoms with van der Waals surface area (Å²) in [5.41, 5.74) is 0.176. The lowest BCUT2D eigenvalue weighted by molar-refractivity contribution is -0.187. The van der Waals surface area contributed by atoms with E-state index in [2.05, 4.69) is 5.32 Å². The topological polar surface area (TPSA) is 33.7 Å². The smallest absolute Gasteiger partial charge is 0.408 e. The Kier molecular flexibility index (Phi) is 7.44. The lowest BCUT2D eigenvalue weighted by atomic mass is 10.0. The molecule has 0 amide bonds. The Hall–Kier alpha value is -1.18. The number of piperazine rings is 1. The van der Waals surface area contributed by atoms with Crippen molar-refractivity contribution in [3.05, 3.63) is 23.8 Å². The molecule has 1 aromatic carbocycles. The number of alkyl halides is 3. The highest BCUT2D eigenvalue weighted by Crippen LogP contribution is 2.40. The number of methoxy groups -OCH3 is 1. The molecule has 1 aromatic rings. The Bertz CT molecular complexity index is 494. The number of hydrogen-bond donors (Lipinski definition) is 1. The van der Waals surface area contributed by atoms with E-state index in [-0.39, 0.29) is 18.0 Å². The number of rotatable bonds is 5. The molecule has 0 saturated carbocycles. The second-order valence-electron chi connectivity index (χ2n) is 5.07. The Labute approximate surface area is 140 Å². The summed E-state index contributed by atoms with van der Waals surface area (Å²) in [6.07, 6.45) is -4.34. The molecule has 132 valence electrons. The van der Waals surface area contributed by atoms with E-state index in [1.807, 2.05) is 6.92 Å². The number of nitrogens with zero attached hydrogens (tertiary/aromatic N) is 1. The minimum Gasteiger partial charge on any atom is -0.493 e. The van der Waals surface area contributed by atoms with Gasteiger partial charge in [-0.1, -0.05) is 6.07 Å². The molecule has 1 aliphatic rings. The fourth-order valence-corrected chi connectivity index (χ4v) is 2.68. The molecule has 0 aliphatic carbocycles. The van der Waals surface area contributed by atoms with Gasteiger partial charge in [-0.2, -0.15) is 13.2 Å². The third-order valence-electron chi connectivity index (χ3n) is 3.63. The molecule has 1 aliphatic heterocycles. The molecule has 0 aromatic heterocycles. The summed E-state index contributed by atoms with van der Waals surface area (Å²) in [6, 6.07) is 2.80. The molecule has 1 N–H and O–H groups in total. The minimum absolute atomic E-state index is 0. The van der Waals surface area contributed by atoms with E-state index in [9.17, 15) is 13.2 Å². The molecular formula is C15H22ClF3N2O2. The van der Waals surface area contributed by atoms with Gasteiger partial charge in [0.1, 0.15) is 6.04 Å². The first-order valence-electron chi connectivity index (χ1n) is 7.29. The summed E-state index contributed by atoms with van der Waals surface area (Å²) in [5, 5.41) is 3.07. The molecule has 4 nitrogen and oxygen atoms in total. The highest BCUT2D eigenvalue weighted by molar-refractivity contribution is 5.85. The van der Waals surface area contributed by atoms with Gasteiger partial charge in [-0.25, -0.2) is 0 Å². The first kappa shape index (κ1) is 19.9. The maximum absolute atomic E-state index is 13.5. The zero-order valence-corrected chi connectivity index (χ0v) is 14.0. The average Bonchev–Trinajstić information content (AvgIpc) is 2.49. The van der Waals surface area contributed by atoms with Crippen molar-refractivity contribution >= 4 is 12.4 Å². The number of nitrogens with one attached hydrogen (secondary N) is 1. The first-order valence-corrected chi connectivity index (χ1v) is 7.29. The van der Waals surface area contributed by atoms with Gasteiger partial charge in [0.15, 0.2) is 11.5 Å². The molecule has 1 heterocycles. The van der Waals surface area contributed by atoms with Gasteiger partial charge >= 0.3 is 6.18 Å². The normalized spacial score (nSPS) is 17.3. The van der Waals surface area contributed by atoms with Gasteiger partial charge in [0, 0.05) is 26.2 Å². The Morgan fingerprint density at radius 1 is 1.22 bits per heavy atom. The quantitative estimate of drug-likeness (QED) is 0.881. The van der Waals surface area contributed by atoms with E-state index < -0.39 is 12.2 Å². The summed E-state index contributed by atoms with van der Waals surface area (Å²) < 4.78 is 51.2. The molecule has 8 heteroatoms. The summed E-state index contributed by atoms with van der Waals surface area (Å²) in [5.74, 6) is 0.777. The van der Waals surface area contributed by atoms with Crippen molar-refractivity contribution in [1.82, 2.24) is 10.2 Å². The van der Waals surface area contributed by atoms with Gasteiger partial charge in [0.25, 0.3) is 0 Å². The largest absolute Gasteiger partial charge is 0.493 e. The second-order valence-corrected chi connectivity index (χ2v) is 5.07. The standard InChI is InChI=1S/C15H21F3N2O2.ClH/c1-3-22-12-5-4-11(10-13(12)21-2)14(15(16,17)18)20-8-6-19-7-9-20;/h4-5,10,14,19H,3,6-9H2,1-2H3;1H/t14-;/m0./s1. The highest BCUT2D eigenvalue weighted by Gasteiger charge is 2.45. The summed E-state index contributed by atoms with van der Waals surface area (Å²) in [6.45, 7) is 4.07. The van der Waals surface area contributed by atoms with Crippen molar-refractivity contribution in [2.75, 3.05) is 39.9 Å². The molecule has 0 unspecified atom stereocenters. The predicted molar refractivity (Wildman–Crippen MR) is 84.6 cm³/mol. The zero-order chi connectivity index (χ0) is 16.2. The van der Waals surface area contributed by atoms with Gasteiger partial charge in [0.05, 0.1) is 13.7 Å². The van der Waals surface area contributed by atoms with Crippen molar-refractivity contribution in [1.29, 1.82) is 0 Å². The van der Waals surface area contributed by atoms with Crippen LogP contribution in [0.15, 0.2) is 18.2 Å². The maximum Gasteiger partial charge on any atom is 0.408 e. The molecule has 0 radical (unpaired) electrons. The lowest BCUT2D eigenvalue weighted by Crippen LogP contribution is -2.49. The summed E-state index contributed by atoms with van der Waals surface area (Å²) >= 11 is 0. The molecule has 2 rings (SSSR count). The van der Waals surface area contributed by atoms with E-state index in [1.54, 1.807) is 6.07 Å². The van der Waals surface area contributed by atoms with E-state index in [1.165, 1.54) is 24.1 Å². The zero-order valence-electron chi connectivity index (χ0n) is 13.2. The van der Waals surface area contributed by atoms with Crippen molar-refractivity contribution in [3.63, 3.8) is 0 Å². The number of halogens is 4. The van der Waals surface area contributed by atoms with Crippen molar-refractivity contribution in [2.24, 2.45) is 0 Å². The van der Waals surface area contributed by atoms with Gasteiger partial charge in [-0.15, -0.1) is 12.4 Å². The van der Waals surface area contributed by atoms with Crippen LogP contribution < -0.4 is 14.8 Å². The second kappa shape index (κ2) is 8.61. The van der Waals surface area contributed by atoms with E-state index in [0.29, 0.717) is 44.3 Å². The van der Waals surface area contributed by atoms with Crippen LogP contribution in [-0.4, -0.2) is 51.0 Å². The van der Waals surface area contributed by atoms with E-state index in [0.717, 1.165) is 0 Å². The first-order chi connectivity index (χ1) is 10.5. The monoisotopic (exact) mass is 354 g/mol. The van der Waals surface area contributed by atoms with Gasteiger partial charge in [-0.05, 0) is 24.6 Å². The van der Waals surface area contributed by atoms with Crippen LogP contribution in [0.3, 0.4) is 0 Å². The molecule has 1 saturated heterocycles. The minimum atomic E-state index is -4.34. The van der Waals surface area contributed by atoms with Crippen LogP contribution in [-0.2, 0) is 0 Å². The SMILES string of the molecule is CCOc1ccc([C@H](N2CCNCC2)C(F)(F)F)cc1OC.Cl. The Morgan fingerprint density at radius 2 is 1.87 bits per heavy atom. The highest BCUT2D eigenvalue weighted by atomic mass is 35.5. The van der Waals surface area contributed by atoms with Crippen molar-refractivity contribution in [2.45, 2.75) is 19.1 Å². The van der Waals surface area contributed by atoms with Crippen LogP contribution in [0.5, 0.6) is 11.5 Å². The van der Waals surface area contributed by atoms with Gasteiger partial charge in [-0.3, -0.25) is 4.90 Å². The van der Waals surface area contributed by atoms with Crippen LogP contribution in [0.2, 0.25) is 0 Å². The summed E-state index contributed by atoms with van der Waals surface area (Å²) in [7, 11) is 1.43. The van der Waals surface area contributed by atoms with Gasteiger partial charge < -0.3 is 14.8 Å². The third-order valence-corrected chi connectivity index (χ3v) is 3.63. The lowest BCUT2D eigenvalue weighted by Gasteiger charge is -2.36. The summed E-state index contributed by atoms with van der Waals surface area (Å²) in [4.78, 5) is 1.45. The van der Waals surface area contributed by atoms with Crippen LogP contribution in [0.1, 0.15) is 18.5 Å². The van der Waals surface area contributed by atoms with Crippen LogP contribution in [0, 0.1) is 0 Å². The Morgan fingerprint density at radius 3 is 2.39 bits per heavy atom. The molecule has 0 spiro atoms. The van der Waals surface area contributed by atoms with Crippen LogP contribution in [0.4, 0.5) is 13.2 Å². The third kappa shape index (κ3) is 4.89. The van der Waals surface area contributed by atoms with Crippen molar-refractivity contribution < 1.29 is 22.6 Å². The Balaban J connectivity index is 0.00000264. The van der Waals surface area contributed by atoms with Crippen LogP contribution in [0.25, 0.3) is 0 Å². The van der Waals surface area contributed by atoms with Gasteiger partial charge in [0.2, 0.25) is 0 Å². The fourth-order valence-electron chi connectivity index (χ4n) is 2.68. The molecule has 1 fully saturated rings. The number of ether oxygens (including phenoxy) is 2. The van der Waals surface area contributed by atoms with E-state index >= 15 is 0 Å².